The highest BCUT2D eigenvalue weighted by Crippen LogP contribution is 2.29. The van der Waals surface area contributed by atoms with Crippen LogP contribution >= 0.6 is 11.8 Å². The second kappa shape index (κ2) is 6.26. The largest absolute Gasteiger partial charge is 0.349 e. The first-order valence-electron chi connectivity index (χ1n) is 6.64. The second-order valence-electron chi connectivity index (χ2n) is 5.23. The van der Waals surface area contributed by atoms with E-state index in [2.05, 4.69) is 12.2 Å². The van der Waals surface area contributed by atoms with Crippen molar-refractivity contribution < 1.29 is 9.72 Å². The number of benzene rings is 1. The maximum atomic E-state index is 12.1. The Bertz CT molecular complexity index is 533. The Labute approximate surface area is 122 Å². The lowest BCUT2D eigenvalue weighted by Crippen LogP contribution is -2.32. The van der Waals surface area contributed by atoms with Gasteiger partial charge < -0.3 is 5.32 Å². The van der Waals surface area contributed by atoms with E-state index in [0.717, 1.165) is 19.3 Å². The first-order valence-corrected chi connectivity index (χ1v) is 7.87. The van der Waals surface area contributed by atoms with Gasteiger partial charge in [0.1, 0.15) is 0 Å². The number of nitro benzene ring substituents is 1. The molecule has 0 aliphatic heterocycles. The molecule has 0 radical (unpaired) electrons. The summed E-state index contributed by atoms with van der Waals surface area (Å²) in [5.41, 5.74) is 0.346. The zero-order valence-electron chi connectivity index (χ0n) is 11.6. The quantitative estimate of drug-likeness (QED) is 0.525. The highest BCUT2D eigenvalue weighted by Gasteiger charge is 2.24. The third-order valence-electron chi connectivity index (χ3n) is 3.67. The minimum atomic E-state index is -0.444. The first kappa shape index (κ1) is 14.8. The molecule has 2 atom stereocenters. The summed E-state index contributed by atoms with van der Waals surface area (Å²) in [4.78, 5) is 23.3. The van der Waals surface area contributed by atoms with Crippen LogP contribution in [0.15, 0.2) is 23.1 Å². The number of hydrogen-bond donors (Lipinski definition) is 1. The molecule has 1 N–H and O–H groups in total. The average molecular weight is 294 g/mol. The average Bonchev–Trinajstić information content (AvgIpc) is 2.83. The van der Waals surface area contributed by atoms with Crippen LogP contribution < -0.4 is 5.32 Å². The van der Waals surface area contributed by atoms with Gasteiger partial charge in [0.2, 0.25) is 0 Å². The predicted molar refractivity (Wildman–Crippen MR) is 79.1 cm³/mol. The fourth-order valence-corrected chi connectivity index (χ4v) is 3.13. The highest BCUT2D eigenvalue weighted by molar-refractivity contribution is 7.98. The molecule has 1 aliphatic carbocycles. The molecule has 1 aromatic carbocycles. The van der Waals surface area contributed by atoms with Crippen molar-refractivity contribution in [2.45, 2.75) is 37.1 Å². The van der Waals surface area contributed by atoms with Crippen LogP contribution in [0.25, 0.3) is 0 Å². The molecule has 1 aliphatic rings. The minimum absolute atomic E-state index is 0.00931. The van der Waals surface area contributed by atoms with Gasteiger partial charge in [0, 0.05) is 17.7 Å². The molecule has 2 rings (SSSR count). The fraction of sp³-hybridized carbons (Fsp3) is 0.500. The van der Waals surface area contributed by atoms with Gasteiger partial charge in [-0.2, -0.15) is 0 Å². The number of nitrogens with one attached hydrogen (secondary N) is 1. The smallest absolute Gasteiger partial charge is 0.283 e. The van der Waals surface area contributed by atoms with E-state index in [1.807, 2.05) is 0 Å². The Kier molecular flexibility index (Phi) is 4.65. The summed E-state index contributed by atoms with van der Waals surface area (Å²) in [7, 11) is 0. The van der Waals surface area contributed by atoms with Gasteiger partial charge in [-0.15, -0.1) is 11.8 Å². The third-order valence-corrected chi connectivity index (χ3v) is 4.45. The molecular weight excluding hydrogens is 276 g/mol. The van der Waals surface area contributed by atoms with Gasteiger partial charge in [-0.05, 0) is 43.6 Å². The summed E-state index contributed by atoms with van der Waals surface area (Å²) >= 11 is 1.30. The van der Waals surface area contributed by atoms with Gasteiger partial charge in [0.15, 0.2) is 0 Å². The molecule has 5 nitrogen and oxygen atoms in total. The Morgan fingerprint density at radius 3 is 2.75 bits per heavy atom. The highest BCUT2D eigenvalue weighted by atomic mass is 32.2. The van der Waals surface area contributed by atoms with Crippen LogP contribution in [-0.4, -0.2) is 23.1 Å². The van der Waals surface area contributed by atoms with Crippen LogP contribution in [0, 0.1) is 16.0 Å². The van der Waals surface area contributed by atoms with Crippen molar-refractivity contribution in [3.8, 4) is 0 Å². The predicted octanol–water partition coefficient (Wildman–Crippen LogP) is 3.24. The van der Waals surface area contributed by atoms with Crippen molar-refractivity contribution in [1.82, 2.24) is 5.32 Å². The fourth-order valence-electron chi connectivity index (χ4n) is 2.58. The van der Waals surface area contributed by atoms with Gasteiger partial charge in [-0.1, -0.05) is 6.92 Å². The second-order valence-corrected chi connectivity index (χ2v) is 6.08. The number of thioether (sulfide) groups is 1. The summed E-state index contributed by atoms with van der Waals surface area (Å²) in [5.74, 6) is 0.411. The molecule has 1 amide bonds. The summed E-state index contributed by atoms with van der Waals surface area (Å²) in [6.45, 7) is 2.17. The summed E-state index contributed by atoms with van der Waals surface area (Å²) < 4.78 is 0. The number of nitrogens with zero attached hydrogens (tertiary/aromatic N) is 1. The zero-order valence-corrected chi connectivity index (χ0v) is 12.4. The molecule has 0 saturated heterocycles. The first-order chi connectivity index (χ1) is 9.51. The van der Waals surface area contributed by atoms with Gasteiger partial charge in [-0.3, -0.25) is 14.9 Å². The molecule has 1 fully saturated rings. The van der Waals surface area contributed by atoms with Crippen molar-refractivity contribution in [2.24, 2.45) is 5.92 Å². The summed E-state index contributed by atoms with van der Waals surface area (Å²) in [6, 6.07) is 4.83. The maximum absolute atomic E-state index is 12.1. The van der Waals surface area contributed by atoms with Crippen LogP contribution in [-0.2, 0) is 0 Å². The van der Waals surface area contributed by atoms with Gasteiger partial charge in [0.05, 0.1) is 9.82 Å². The van der Waals surface area contributed by atoms with E-state index < -0.39 is 4.92 Å². The molecule has 0 spiro atoms. The number of nitro groups is 1. The Balaban J connectivity index is 2.14. The van der Waals surface area contributed by atoms with Gasteiger partial charge in [-0.25, -0.2) is 0 Å². The molecular formula is C14H18N2O3S. The molecule has 20 heavy (non-hydrogen) atoms. The lowest BCUT2D eigenvalue weighted by molar-refractivity contribution is -0.387. The monoisotopic (exact) mass is 294 g/mol. The summed E-state index contributed by atoms with van der Waals surface area (Å²) in [5, 5.41) is 14.0. The normalized spacial score (nSPS) is 21.7. The number of carbonyl (C=O) groups excluding carboxylic acids is 1. The van der Waals surface area contributed by atoms with E-state index >= 15 is 0 Å². The number of rotatable bonds is 4. The standard InChI is InChI=1S/C14H18N2O3S/c1-9-3-5-11(7-9)15-14(17)10-4-6-13(20-2)12(8-10)16(18)19/h4,6,8-9,11H,3,5,7H2,1-2H3,(H,15,17). The number of carbonyl (C=O) groups is 1. The number of amides is 1. The molecule has 2 unspecified atom stereocenters. The van der Waals surface area contributed by atoms with Crippen molar-refractivity contribution in [3.63, 3.8) is 0 Å². The van der Waals surface area contributed by atoms with E-state index in [4.69, 9.17) is 0 Å². The molecule has 108 valence electrons. The van der Waals surface area contributed by atoms with E-state index in [1.54, 1.807) is 18.4 Å². The lowest BCUT2D eigenvalue weighted by atomic mass is 10.1. The molecule has 0 heterocycles. The van der Waals surface area contributed by atoms with Crippen LogP contribution in [0.2, 0.25) is 0 Å². The minimum Gasteiger partial charge on any atom is -0.349 e. The third kappa shape index (κ3) is 3.30. The zero-order chi connectivity index (χ0) is 14.7. The van der Waals surface area contributed by atoms with Crippen LogP contribution in [0.4, 0.5) is 5.69 Å². The van der Waals surface area contributed by atoms with Gasteiger partial charge >= 0.3 is 0 Å². The molecule has 1 aromatic rings. The van der Waals surface area contributed by atoms with Crippen molar-refractivity contribution in [2.75, 3.05) is 6.26 Å². The molecule has 1 saturated carbocycles. The SMILES string of the molecule is CSc1ccc(C(=O)NC2CCC(C)C2)cc1[N+](=O)[O-]. The Hall–Kier alpha value is -1.56. The van der Waals surface area contributed by atoms with Crippen molar-refractivity contribution >= 4 is 23.4 Å². The topological polar surface area (TPSA) is 72.2 Å². The number of hydrogen-bond acceptors (Lipinski definition) is 4. The Morgan fingerprint density at radius 2 is 2.20 bits per heavy atom. The van der Waals surface area contributed by atoms with Crippen LogP contribution in [0.5, 0.6) is 0 Å². The maximum Gasteiger partial charge on any atom is 0.283 e. The molecule has 6 heteroatoms. The van der Waals surface area contributed by atoms with Gasteiger partial charge in [0.25, 0.3) is 11.6 Å². The Morgan fingerprint density at radius 1 is 1.45 bits per heavy atom. The van der Waals surface area contributed by atoms with E-state index in [9.17, 15) is 14.9 Å². The summed E-state index contributed by atoms with van der Waals surface area (Å²) in [6.07, 6.45) is 4.87. The van der Waals surface area contributed by atoms with Crippen molar-refractivity contribution in [3.05, 3.63) is 33.9 Å². The van der Waals surface area contributed by atoms with Crippen LogP contribution in [0.3, 0.4) is 0 Å². The molecule has 0 aromatic heterocycles. The lowest BCUT2D eigenvalue weighted by Gasteiger charge is -2.12. The van der Waals surface area contributed by atoms with E-state index in [0.29, 0.717) is 16.4 Å². The van der Waals surface area contributed by atoms with E-state index in [-0.39, 0.29) is 17.6 Å². The van der Waals surface area contributed by atoms with Crippen molar-refractivity contribution in [1.29, 1.82) is 0 Å². The van der Waals surface area contributed by atoms with E-state index in [1.165, 1.54) is 17.8 Å². The molecule has 0 bridgehead atoms. The van der Waals surface area contributed by atoms with Crippen LogP contribution in [0.1, 0.15) is 36.5 Å².